The minimum absolute atomic E-state index is 0. The van der Waals surface area contributed by atoms with E-state index in [4.69, 9.17) is 34.8 Å². The molecule has 1 heterocycles. The van der Waals surface area contributed by atoms with Crippen LogP contribution in [0, 0.1) is 0 Å². The monoisotopic (exact) mass is 308 g/mol. The van der Waals surface area contributed by atoms with Crippen LogP contribution >= 0.6 is 47.2 Å². The van der Waals surface area contributed by atoms with Gasteiger partial charge in [-0.3, -0.25) is 0 Å². The molecule has 90 valence electrons. The van der Waals surface area contributed by atoms with Crippen LogP contribution in [0.4, 0.5) is 0 Å². The van der Waals surface area contributed by atoms with Gasteiger partial charge in [-0.05, 0) is 17.7 Å². The van der Waals surface area contributed by atoms with Gasteiger partial charge in [0.15, 0.2) is 0 Å². The van der Waals surface area contributed by atoms with Crippen molar-refractivity contribution in [2.45, 2.75) is 5.38 Å². The first-order chi connectivity index (χ1) is 7.68. The summed E-state index contributed by atoms with van der Waals surface area (Å²) in [6.45, 7) is 0. The maximum atomic E-state index is 6.28. The van der Waals surface area contributed by atoms with E-state index >= 15 is 0 Å². The van der Waals surface area contributed by atoms with E-state index in [2.05, 4.69) is 9.97 Å². The molecule has 2 rings (SSSR count). The molecule has 0 aliphatic rings. The molecule has 17 heavy (non-hydrogen) atoms. The standard InChI is InChI=1S/C11H7Cl3N2.ClH/c12-8-1-2-9(10(13)3-8)11(14)7-4-15-6-16-5-7;/h1-6,11H;1H. The van der Waals surface area contributed by atoms with Crippen LogP contribution in [0.1, 0.15) is 16.5 Å². The molecule has 0 amide bonds. The Balaban J connectivity index is 0.00000144. The molecule has 0 aliphatic heterocycles. The first-order valence-electron chi connectivity index (χ1n) is 4.52. The molecular weight excluding hydrogens is 302 g/mol. The van der Waals surface area contributed by atoms with Gasteiger partial charge in [0.1, 0.15) is 6.33 Å². The molecule has 0 spiro atoms. The predicted molar refractivity (Wildman–Crippen MR) is 73.4 cm³/mol. The lowest BCUT2D eigenvalue weighted by molar-refractivity contribution is 1.05. The lowest BCUT2D eigenvalue weighted by atomic mass is 10.1. The summed E-state index contributed by atoms with van der Waals surface area (Å²) < 4.78 is 0. The fourth-order valence-electron chi connectivity index (χ4n) is 1.33. The zero-order valence-corrected chi connectivity index (χ0v) is 11.6. The number of nitrogens with zero attached hydrogens (tertiary/aromatic N) is 2. The van der Waals surface area contributed by atoms with Crippen molar-refractivity contribution in [2.24, 2.45) is 0 Å². The summed E-state index contributed by atoms with van der Waals surface area (Å²) in [6.07, 6.45) is 4.78. The molecule has 6 heteroatoms. The number of benzene rings is 1. The van der Waals surface area contributed by atoms with Crippen molar-refractivity contribution in [2.75, 3.05) is 0 Å². The second kappa shape index (κ2) is 6.41. The van der Waals surface area contributed by atoms with E-state index in [0.29, 0.717) is 10.0 Å². The molecule has 0 fully saturated rings. The van der Waals surface area contributed by atoms with Crippen LogP contribution in [-0.2, 0) is 0 Å². The highest BCUT2D eigenvalue weighted by molar-refractivity contribution is 6.36. The Morgan fingerprint density at radius 3 is 2.29 bits per heavy atom. The summed E-state index contributed by atoms with van der Waals surface area (Å²) in [7, 11) is 0. The Kier molecular flexibility index (Phi) is 5.47. The second-order valence-corrected chi connectivity index (χ2v) is 4.48. The van der Waals surface area contributed by atoms with Gasteiger partial charge in [0.2, 0.25) is 0 Å². The molecule has 0 radical (unpaired) electrons. The summed E-state index contributed by atoms with van der Waals surface area (Å²) in [5.74, 6) is 0. The molecule has 0 saturated heterocycles. The van der Waals surface area contributed by atoms with Crippen molar-refractivity contribution < 1.29 is 0 Å². The van der Waals surface area contributed by atoms with Gasteiger partial charge in [-0.2, -0.15) is 0 Å². The minimum atomic E-state index is -0.369. The van der Waals surface area contributed by atoms with Crippen molar-refractivity contribution >= 4 is 47.2 Å². The molecule has 0 saturated carbocycles. The molecule has 1 aromatic carbocycles. The topological polar surface area (TPSA) is 25.8 Å². The third-order valence-electron chi connectivity index (χ3n) is 2.11. The van der Waals surface area contributed by atoms with Crippen molar-refractivity contribution in [1.29, 1.82) is 0 Å². The van der Waals surface area contributed by atoms with Crippen LogP contribution in [0.5, 0.6) is 0 Å². The number of rotatable bonds is 2. The molecule has 0 bridgehead atoms. The molecule has 0 aliphatic carbocycles. The number of alkyl halides is 1. The highest BCUT2D eigenvalue weighted by Crippen LogP contribution is 2.34. The van der Waals surface area contributed by atoms with Crippen molar-refractivity contribution in [3.63, 3.8) is 0 Å². The Hall–Kier alpha value is -0.540. The smallest absolute Gasteiger partial charge is 0.115 e. The summed E-state index contributed by atoms with van der Waals surface area (Å²) >= 11 is 18.2. The Labute approximate surface area is 120 Å². The summed E-state index contributed by atoms with van der Waals surface area (Å²) in [5.41, 5.74) is 1.59. The molecule has 2 aromatic rings. The van der Waals surface area contributed by atoms with Gasteiger partial charge in [0, 0.05) is 28.0 Å². The lowest BCUT2D eigenvalue weighted by Crippen LogP contribution is -1.95. The van der Waals surface area contributed by atoms with E-state index in [1.807, 2.05) is 0 Å². The third-order valence-corrected chi connectivity index (χ3v) is 3.16. The van der Waals surface area contributed by atoms with E-state index in [9.17, 15) is 0 Å². The van der Waals surface area contributed by atoms with Gasteiger partial charge in [-0.1, -0.05) is 29.3 Å². The lowest BCUT2D eigenvalue weighted by Gasteiger charge is -2.11. The average molecular weight is 310 g/mol. The zero-order chi connectivity index (χ0) is 11.5. The fraction of sp³-hybridized carbons (Fsp3) is 0.0909. The molecule has 0 N–H and O–H groups in total. The highest BCUT2D eigenvalue weighted by Gasteiger charge is 2.14. The highest BCUT2D eigenvalue weighted by atomic mass is 35.5. The van der Waals surface area contributed by atoms with E-state index in [0.717, 1.165) is 11.1 Å². The van der Waals surface area contributed by atoms with Gasteiger partial charge < -0.3 is 0 Å². The van der Waals surface area contributed by atoms with Crippen molar-refractivity contribution in [1.82, 2.24) is 9.97 Å². The van der Waals surface area contributed by atoms with Crippen LogP contribution in [0.25, 0.3) is 0 Å². The molecule has 1 unspecified atom stereocenters. The zero-order valence-electron chi connectivity index (χ0n) is 8.48. The first-order valence-corrected chi connectivity index (χ1v) is 5.71. The summed E-state index contributed by atoms with van der Waals surface area (Å²) in [6, 6.07) is 5.22. The van der Waals surface area contributed by atoms with Crippen molar-refractivity contribution in [3.8, 4) is 0 Å². The number of hydrogen-bond acceptors (Lipinski definition) is 2. The van der Waals surface area contributed by atoms with Crippen LogP contribution in [-0.4, -0.2) is 9.97 Å². The maximum absolute atomic E-state index is 6.28. The van der Waals surface area contributed by atoms with E-state index in [-0.39, 0.29) is 17.8 Å². The number of halogens is 4. The molecule has 2 nitrogen and oxygen atoms in total. The predicted octanol–water partition coefficient (Wildman–Crippen LogP) is 4.53. The summed E-state index contributed by atoms with van der Waals surface area (Å²) in [4.78, 5) is 7.83. The van der Waals surface area contributed by atoms with E-state index in [1.165, 1.54) is 6.33 Å². The molecular formula is C11H8Cl4N2. The third kappa shape index (κ3) is 3.46. The fourth-order valence-corrected chi connectivity index (χ4v) is 2.20. The normalized spacial score (nSPS) is 11.7. The average Bonchev–Trinajstić information content (AvgIpc) is 2.29. The van der Waals surface area contributed by atoms with Crippen LogP contribution in [0.2, 0.25) is 10.0 Å². The van der Waals surface area contributed by atoms with E-state index in [1.54, 1.807) is 30.6 Å². The summed E-state index contributed by atoms with van der Waals surface area (Å²) in [5, 5.41) is 0.754. The Bertz CT molecular complexity index is 490. The van der Waals surface area contributed by atoms with Gasteiger partial charge in [0.25, 0.3) is 0 Å². The van der Waals surface area contributed by atoms with Gasteiger partial charge in [-0.25, -0.2) is 9.97 Å². The van der Waals surface area contributed by atoms with Gasteiger partial charge >= 0.3 is 0 Å². The quantitative estimate of drug-likeness (QED) is 0.761. The first kappa shape index (κ1) is 14.5. The largest absolute Gasteiger partial charge is 0.244 e. The van der Waals surface area contributed by atoms with Crippen LogP contribution < -0.4 is 0 Å². The number of aromatic nitrogens is 2. The minimum Gasteiger partial charge on any atom is -0.244 e. The Morgan fingerprint density at radius 1 is 1.06 bits per heavy atom. The van der Waals surface area contributed by atoms with Gasteiger partial charge in [0.05, 0.1) is 5.38 Å². The van der Waals surface area contributed by atoms with Crippen LogP contribution in [0.15, 0.2) is 36.9 Å². The second-order valence-electron chi connectivity index (χ2n) is 3.20. The van der Waals surface area contributed by atoms with Crippen LogP contribution in [0.3, 0.4) is 0 Å². The SMILES string of the molecule is Cl.Clc1ccc(C(Cl)c2cncnc2)c(Cl)c1. The van der Waals surface area contributed by atoms with Crippen molar-refractivity contribution in [3.05, 3.63) is 58.1 Å². The molecule has 1 aromatic heterocycles. The molecule has 1 atom stereocenters. The van der Waals surface area contributed by atoms with E-state index < -0.39 is 0 Å². The van der Waals surface area contributed by atoms with Gasteiger partial charge in [-0.15, -0.1) is 24.0 Å². The maximum Gasteiger partial charge on any atom is 0.115 e. The Morgan fingerprint density at radius 2 is 1.71 bits per heavy atom. The number of hydrogen-bond donors (Lipinski definition) is 0.